The largest absolute Gasteiger partial charge is 0.275 e. The molecule has 0 aliphatic rings. The van der Waals surface area contributed by atoms with Crippen LogP contribution >= 0.6 is 12.2 Å². The van der Waals surface area contributed by atoms with Crippen molar-refractivity contribution in [3.05, 3.63) is 0 Å². The molecule has 0 fully saturated rings. The summed E-state index contributed by atoms with van der Waals surface area (Å²) in [6, 6.07) is 0. The van der Waals surface area contributed by atoms with Crippen LogP contribution in [0, 0.1) is 0 Å². The van der Waals surface area contributed by atoms with E-state index in [0.717, 1.165) is 13.0 Å². The molecule has 3 heteroatoms. The Hall–Kier alpha value is -0.150. The maximum atomic E-state index is 4.82. The molecule has 2 nitrogen and oxygen atoms in total. The molecule has 0 spiro atoms. The minimum Gasteiger partial charge on any atom is -0.275 e. The van der Waals surface area contributed by atoms with Crippen LogP contribution in [0.4, 0.5) is 0 Å². The zero-order valence-electron chi connectivity index (χ0n) is 5.64. The molecule has 0 rings (SSSR count). The van der Waals surface area contributed by atoms with Gasteiger partial charge in [0, 0.05) is 0 Å². The van der Waals surface area contributed by atoms with E-state index >= 15 is 0 Å². The first-order valence-electron chi connectivity index (χ1n) is 3.15. The van der Waals surface area contributed by atoms with Crippen LogP contribution in [-0.2, 0) is 4.84 Å². The van der Waals surface area contributed by atoms with Crippen LogP contribution in [0.1, 0.15) is 26.2 Å². The SMILES string of the molecule is CCCCCON[C]=S. The average Bonchev–Trinajstić information content (AvgIpc) is 1.89. The Kier molecular flexibility index (Phi) is 7.72. The number of rotatable bonds is 6. The lowest BCUT2D eigenvalue weighted by molar-refractivity contribution is 0.0865. The quantitative estimate of drug-likeness (QED) is 0.266. The van der Waals surface area contributed by atoms with Gasteiger partial charge in [0.15, 0.2) is 5.49 Å². The summed E-state index contributed by atoms with van der Waals surface area (Å²) in [5, 5.41) is 0. The van der Waals surface area contributed by atoms with Gasteiger partial charge in [0.25, 0.3) is 0 Å². The summed E-state index contributed by atoms with van der Waals surface area (Å²) in [6.45, 7) is 2.87. The molecular weight excluding hydrogens is 134 g/mol. The van der Waals surface area contributed by atoms with Gasteiger partial charge in [-0.3, -0.25) is 10.3 Å². The summed E-state index contributed by atoms with van der Waals surface area (Å²) >= 11 is 4.34. The number of hydrogen-bond donors (Lipinski definition) is 1. The first-order valence-corrected chi connectivity index (χ1v) is 3.56. The van der Waals surface area contributed by atoms with Gasteiger partial charge in [-0.2, -0.15) is 0 Å². The van der Waals surface area contributed by atoms with Crippen molar-refractivity contribution in [3.8, 4) is 0 Å². The predicted molar refractivity (Wildman–Crippen MR) is 41.2 cm³/mol. The highest BCUT2D eigenvalue weighted by molar-refractivity contribution is 7.78. The second kappa shape index (κ2) is 7.85. The smallest absolute Gasteiger partial charge is 0.160 e. The Balaban J connectivity index is 2.66. The van der Waals surface area contributed by atoms with E-state index in [0.29, 0.717) is 0 Å². The van der Waals surface area contributed by atoms with E-state index in [2.05, 4.69) is 30.1 Å². The molecular formula is C6H12NOS. The van der Waals surface area contributed by atoms with Crippen LogP contribution in [-0.4, -0.2) is 12.1 Å². The zero-order valence-corrected chi connectivity index (χ0v) is 6.46. The molecule has 0 aromatic rings. The van der Waals surface area contributed by atoms with E-state index in [1.165, 1.54) is 12.8 Å². The summed E-state index contributed by atoms with van der Waals surface area (Å²) in [5.41, 5.74) is 4.63. The van der Waals surface area contributed by atoms with Crippen LogP contribution in [0.3, 0.4) is 0 Å². The fourth-order valence-electron chi connectivity index (χ4n) is 0.505. The van der Waals surface area contributed by atoms with Crippen LogP contribution in [0.15, 0.2) is 0 Å². The van der Waals surface area contributed by atoms with Crippen molar-refractivity contribution < 1.29 is 4.84 Å². The van der Waals surface area contributed by atoms with Gasteiger partial charge >= 0.3 is 0 Å². The van der Waals surface area contributed by atoms with E-state index in [-0.39, 0.29) is 0 Å². The average molecular weight is 146 g/mol. The molecule has 0 bridgehead atoms. The van der Waals surface area contributed by atoms with E-state index in [1.54, 1.807) is 0 Å². The molecule has 0 unspecified atom stereocenters. The van der Waals surface area contributed by atoms with Crippen LogP contribution in [0.2, 0.25) is 0 Å². The summed E-state index contributed by atoms with van der Waals surface area (Å²) in [4.78, 5) is 4.82. The summed E-state index contributed by atoms with van der Waals surface area (Å²) in [6.07, 6.45) is 3.50. The molecule has 0 heterocycles. The van der Waals surface area contributed by atoms with Crippen molar-refractivity contribution in [1.29, 1.82) is 0 Å². The van der Waals surface area contributed by atoms with Crippen molar-refractivity contribution in [3.63, 3.8) is 0 Å². The Labute approximate surface area is 61.5 Å². The lowest BCUT2D eigenvalue weighted by Gasteiger charge is -1.98. The van der Waals surface area contributed by atoms with Crippen molar-refractivity contribution in [1.82, 2.24) is 5.48 Å². The third-order valence-electron chi connectivity index (χ3n) is 0.964. The first kappa shape index (κ1) is 8.85. The standard InChI is InChI=1S/C6H12NOS/c1-2-3-4-5-8-7-6-9/h2-5H2,1H3,(H,7,9). The van der Waals surface area contributed by atoms with Gasteiger partial charge in [-0.1, -0.05) is 32.0 Å². The Bertz CT molecular complexity index is 68.1. The maximum Gasteiger partial charge on any atom is 0.160 e. The summed E-state index contributed by atoms with van der Waals surface area (Å²) < 4.78 is 0. The molecule has 0 aliphatic heterocycles. The molecule has 0 amide bonds. The van der Waals surface area contributed by atoms with E-state index in [1.807, 2.05) is 0 Å². The fourth-order valence-corrected chi connectivity index (χ4v) is 0.564. The molecule has 0 saturated carbocycles. The summed E-state index contributed by atoms with van der Waals surface area (Å²) in [5.74, 6) is 0. The van der Waals surface area contributed by atoms with Crippen molar-refractivity contribution in [2.24, 2.45) is 0 Å². The third kappa shape index (κ3) is 7.85. The molecule has 1 N–H and O–H groups in total. The van der Waals surface area contributed by atoms with Gasteiger partial charge in [0.1, 0.15) is 0 Å². The topological polar surface area (TPSA) is 21.3 Å². The van der Waals surface area contributed by atoms with Gasteiger partial charge in [-0.05, 0) is 6.42 Å². The molecule has 1 radical (unpaired) electrons. The minimum atomic E-state index is 0.720. The Morgan fingerprint density at radius 2 is 2.33 bits per heavy atom. The maximum absolute atomic E-state index is 4.82. The van der Waals surface area contributed by atoms with Crippen molar-refractivity contribution >= 4 is 17.7 Å². The van der Waals surface area contributed by atoms with Crippen LogP contribution in [0.5, 0.6) is 0 Å². The highest BCUT2D eigenvalue weighted by Crippen LogP contribution is 1.91. The molecule has 9 heavy (non-hydrogen) atoms. The Morgan fingerprint density at radius 1 is 1.56 bits per heavy atom. The highest BCUT2D eigenvalue weighted by atomic mass is 32.1. The molecule has 0 aliphatic carbocycles. The predicted octanol–water partition coefficient (Wildman–Crippen LogP) is 1.53. The normalized spacial score (nSPS) is 9.00. The van der Waals surface area contributed by atoms with Gasteiger partial charge in [0.2, 0.25) is 0 Å². The second-order valence-electron chi connectivity index (χ2n) is 1.76. The number of nitrogens with one attached hydrogen (secondary N) is 1. The van der Waals surface area contributed by atoms with Gasteiger partial charge in [-0.15, -0.1) is 0 Å². The number of unbranched alkanes of at least 4 members (excludes halogenated alkanes) is 2. The molecule has 0 aromatic carbocycles. The zero-order chi connectivity index (χ0) is 6.95. The number of thiocarbonyl (C=S) groups is 1. The number of hydroxylamine groups is 1. The van der Waals surface area contributed by atoms with Crippen molar-refractivity contribution in [2.45, 2.75) is 26.2 Å². The first-order chi connectivity index (χ1) is 4.41. The molecule has 0 aromatic heterocycles. The van der Waals surface area contributed by atoms with E-state index in [4.69, 9.17) is 4.84 Å². The van der Waals surface area contributed by atoms with Gasteiger partial charge < -0.3 is 0 Å². The molecule has 53 valence electrons. The highest BCUT2D eigenvalue weighted by Gasteiger charge is 1.83. The lowest BCUT2D eigenvalue weighted by Crippen LogP contribution is -2.10. The third-order valence-corrected chi connectivity index (χ3v) is 1.05. The monoisotopic (exact) mass is 146 g/mol. The Morgan fingerprint density at radius 3 is 2.89 bits per heavy atom. The van der Waals surface area contributed by atoms with Crippen LogP contribution < -0.4 is 5.48 Å². The number of hydrogen-bond acceptors (Lipinski definition) is 2. The van der Waals surface area contributed by atoms with Gasteiger partial charge in [-0.25, -0.2) is 0 Å². The summed E-state index contributed by atoms with van der Waals surface area (Å²) in [7, 11) is 0. The second-order valence-corrected chi connectivity index (χ2v) is 1.96. The minimum absolute atomic E-state index is 0.720. The van der Waals surface area contributed by atoms with Crippen LogP contribution in [0.25, 0.3) is 0 Å². The lowest BCUT2D eigenvalue weighted by atomic mass is 10.3. The molecule has 0 saturated heterocycles. The molecule has 0 atom stereocenters. The van der Waals surface area contributed by atoms with E-state index < -0.39 is 0 Å². The van der Waals surface area contributed by atoms with Crippen molar-refractivity contribution in [2.75, 3.05) is 6.61 Å². The fraction of sp³-hybridized carbons (Fsp3) is 0.833. The van der Waals surface area contributed by atoms with Gasteiger partial charge in [0.05, 0.1) is 6.61 Å². The van der Waals surface area contributed by atoms with E-state index in [9.17, 15) is 0 Å².